The smallest absolute Gasteiger partial charge is 0.251 e. The first-order valence-electron chi connectivity index (χ1n) is 7.26. The number of benzene rings is 1. The van der Waals surface area contributed by atoms with Crippen LogP contribution in [0.1, 0.15) is 50.4 Å². The van der Waals surface area contributed by atoms with E-state index < -0.39 is 0 Å². The van der Waals surface area contributed by atoms with Crippen molar-refractivity contribution in [1.82, 2.24) is 5.32 Å². The van der Waals surface area contributed by atoms with Crippen molar-refractivity contribution in [2.75, 3.05) is 12.3 Å². The maximum absolute atomic E-state index is 12.4. The number of amides is 1. The Balaban J connectivity index is 2.13. The van der Waals surface area contributed by atoms with Crippen molar-refractivity contribution in [3.8, 4) is 5.75 Å². The molecule has 1 fully saturated rings. The van der Waals surface area contributed by atoms with Gasteiger partial charge in [0.2, 0.25) is 0 Å². The van der Waals surface area contributed by atoms with E-state index in [-0.39, 0.29) is 17.4 Å². The summed E-state index contributed by atoms with van der Waals surface area (Å²) in [6.45, 7) is 6.87. The molecule has 0 aromatic heterocycles. The highest BCUT2D eigenvalue weighted by atomic mass is 16.5. The van der Waals surface area contributed by atoms with Crippen molar-refractivity contribution in [3.05, 3.63) is 23.8 Å². The average molecular weight is 276 g/mol. The number of carbonyl (C=O) groups excluding carboxylic acids is 1. The van der Waals surface area contributed by atoms with Crippen LogP contribution < -0.4 is 15.8 Å². The van der Waals surface area contributed by atoms with Crippen LogP contribution in [0.3, 0.4) is 0 Å². The van der Waals surface area contributed by atoms with Gasteiger partial charge in [-0.1, -0.05) is 20.3 Å². The first kappa shape index (κ1) is 14.7. The molecule has 3 N–H and O–H groups in total. The van der Waals surface area contributed by atoms with Gasteiger partial charge in [-0.05, 0) is 37.3 Å². The molecule has 2 rings (SSSR count). The maximum Gasteiger partial charge on any atom is 0.251 e. The zero-order valence-electron chi connectivity index (χ0n) is 12.5. The number of nitrogen functional groups attached to an aromatic ring is 1. The molecule has 1 aliphatic carbocycles. The quantitative estimate of drug-likeness (QED) is 0.831. The standard InChI is InChI=1S/C16H24N2O2/c1-4-20-13-9-11(8-12(17)10-13)15(19)18-14-6-5-7-16(14,2)3/h8-10,14H,4-7,17H2,1-3H3,(H,18,19). The van der Waals surface area contributed by atoms with Crippen LogP contribution >= 0.6 is 0 Å². The lowest BCUT2D eigenvalue weighted by Gasteiger charge is -2.27. The fraction of sp³-hybridized carbons (Fsp3) is 0.562. The molecule has 1 unspecified atom stereocenters. The summed E-state index contributed by atoms with van der Waals surface area (Å²) < 4.78 is 5.43. The highest BCUT2D eigenvalue weighted by Crippen LogP contribution is 2.37. The van der Waals surface area contributed by atoms with Crippen molar-refractivity contribution < 1.29 is 9.53 Å². The third-order valence-corrected chi connectivity index (χ3v) is 4.06. The molecular formula is C16H24N2O2. The van der Waals surface area contributed by atoms with Gasteiger partial charge in [-0.3, -0.25) is 4.79 Å². The molecule has 1 atom stereocenters. The second kappa shape index (κ2) is 5.73. The predicted octanol–water partition coefficient (Wildman–Crippen LogP) is 2.98. The normalized spacial score (nSPS) is 20.6. The number of rotatable bonds is 4. The minimum Gasteiger partial charge on any atom is -0.494 e. The molecule has 0 heterocycles. The summed E-state index contributed by atoms with van der Waals surface area (Å²) in [4.78, 5) is 12.4. The summed E-state index contributed by atoms with van der Waals surface area (Å²) in [5, 5.41) is 3.13. The molecule has 0 radical (unpaired) electrons. The SMILES string of the molecule is CCOc1cc(N)cc(C(=O)NC2CCCC2(C)C)c1. The number of nitrogens with one attached hydrogen (secondary N) is 1. The molecule has 4 heteroatoms. The van der Waals surface area contributed by atoms with Crippen molar-refractivity contribution in [2.24, 2.45) is 5.41 Å². The molecule has 1 aromatic carbocycles. The minimum absolute atomic E-state index is 0.0711. The molecule has 0 spiro atoms. The molecular weight excluding hydrogens is 252 g/mol. The van der Waals surface area contributed by atoms with E-state index in [1.54, 1.807) is 18.2 Å². The number of anilines is 1. The predicted molar refractivity (Wildman–Crippen MR) is 80.9 cm³/mol. The van der Waals surface area contributed by atoms with Gasteiger partial charge < -0.3 is 15.8 Å². The Kier molecular flexibility index (Phi) is 4.21. The van der Waals surface area contributed by atoms with E-state index in [1.165, 1.54) is 6.42 Å². The lowest BCUT2D eigenvalue weighted by atomic mass is 9.87. The van der Waals surface area contributed by atoms with Gasteiger partial charge in [0, 0.05) is 23.4 Å². The monoisotopic (exact) mass is 276 g/mol. The number of hydrogen-bond acceptors (Lipinski definition) is 3. The second-order valence-electron chi connectivity index (χ2n) is 6.13. The van der Waals surface area contributed by atoms with Gasteiger partial charge in [0.15, 0.2) is 0 Å². The number of hydrogen-bond donors (Lipinski definition) is 2. The Hall–Kier alpha value is -1.71. The van der Waals surface area contributed by atoms with Crippen molar-refractivity contribution in [2.45, 2.75) is 46.1 Å². The van der Waals surface area contributed by atoms with Crippen LogP contribution in [-0.4, -0.2) is 18.6 Å². The first-order chi connectivity index (χ1) is 9.42. The second-order valence-corrected chi connectivity index (χ2v) is 6.13. The average Bonchev–Trinajstić information content (AvgIpc) is 2.68. The topological polar surface area (TPSA) is 64.3 Å². The summed E-state index contributed by atoms with van der Waals surface area (Å²) in [5.41, 5.74) is 7.11. The molecule has 1 aromatic rings. The summed E-state index contributed by atoms with van der Waals surface area (Å²) in [7, 11) is 0. The minimum atomic E-state index is -0.0711. The third-order valence-electron chi connectivity index (χ3n) is 4.06. The lowest BCUT2D eigenvalue weighted by Crippen LogP contribution is -2.41. The van der Waals surface area contributed by atoms with Crippen LogP contribution in [-0.2, 0) is 0 Å². The lowest BCUT2D eigenvalue weighted by molar-refractivity contribution is 0.0909. The summed E-state index contributed by atoms with van der Waals surface area (Å²) in [5.74, 6) is 0.571. The Bertz CT molecular complexity index is 497. The maximum atomic E-state index is 12.4. The van der Waals surface area contributed by atoms with E-state index in [9.17, 15) is 4.79 Å². The fourth-order valence-corrected chi connectivity index (χ4v) is 2.84. The number of carbonyl (C=O) groups is 1. The number of nitrogens with two attached hydrogens (primary N) is 1. The van der Waals surface area contributed by atoms with Crippen LogP contribution in [0.2, 0.25) is 0 Å². The Morgan fingerprint density at radius 3 is 2.80 bits per heavy atom. The van der Waals surface area contributed by atoms with E-state index in [4.69, 9.17) is 10.5 Å². The van der Waals surface area contributed by atoms with Gasteiger partial charge in [-0.15, -0.1) is 0 Å². The van der Waals surface area contributed by atoms with E-state index in [1.807, 2.05) is 6.92 Å². The molecule has 4 nitrogen and oxygen atoms in total. The molecule has 1 amide bonds. The van der Waals surface area contributed by atoms with E-state index in [0.29, 0.717) is 23.6 Å². The molecule has 0 aliphatic heterocycles. The van der Waals surface area contributed by atoms with Crippen LogP contribution in [0, 0.1) is 5.41 Å². The van der Waals surface area contributed by atoms with Crippen LogP contribution in [0.15, 0.2) is 18.2 Å². The zero-order valence-corrected chi connectivity index (χ0v) is 12.5. The van der Waals surface area contributed by atoms with Crippen molar-refractivity contribution in [3.63, 3.8) is 0 Å². The zero-order chi connectivity index (χ0) is 14.8. The highest BCUT2D eigenvalue weighted by Gasteiger charge is 2.35. The van der Waals surface area contributed by atoms with Gasteiger partial charge in [-0.25, -0.2) is 0 Å². The largest absolute Gasteiger partial charge is 0.494 e. The van der Waals surface area contributed by atoms with Gasteiger partial charge in [-0.2, -0.15) is 0 Å². The molecule has 110 valence electrons. The van der Waals surface area contributed by atoms with Gasteiger partial charge in [0.1, 0.15) is 5.75 Å². The molecule has 0 saturated heterocycles. The molecule has 1 saturated carbocycles. The first-order valence-corrected chi connectivity index (χ1v) is 7.26. The Labute approximate surface area is 120 Å². The third kappa shape index (κ3) is 3.24. The van der Waals surface area contributed by atoms with E-state index >= 15 is 0 Å². The Morgan fingerprint density at radius 2 is 2.20 bits per heavy atom. The van der Waals surface area contributed by atoms with Crippen LogP contribution in [0.25, 0.3) is 0 Å². The molecule has 1 aliphatic rings. The molecule has 0 bridgehead atoms. The summed E-state index contributed by atoms with van der Waals surface area (Å²) in [6, 6.07) is 5.41. The van der Waals surface area contributed by atoms with Crippen LogP contribution in [0.4, 0.5) is 5.69 Å². The highest BCUT2D eigenvalue weighted by molar-refractivity contribution is 5.95. The molecule has 20 heavy (non-hydrogen) atoms. The van der Waals surface area contributed by atoms with Crippen molar-refractivity contribution in [1.29, 1.82) is 0 Å². The van der Waals surface area contributed by atoms with Gasteiger partial charge in [0.05, 0.1) is 6.61 Å². The summed E-state index contributed by atoms with van der Waals surface area (Å²) in [6.07, 6.45) is 3.36. The van der Waals surface area contributed by atoms with Crippen LogP contribution in [0.5, 0.6) is 5.75 Å². The van der Waals surface area contributed by atoms with Gasteiger partial charge in [0.25, 0.3) is 5.91 Å². The summed E-state index contributed by atoms with van der Waals surface area (Å²) >= 11 is 0. The number of ether oxygens (including phenoxy) is 1. The van der Waals surface area contributed by atoms with E-state index in [2.05, 4.69) is 19.2 Å². The van der Waals surface area contributed by atoms with Gasteiger partial charge >= 0.3 is 0 Å². The fourth-order valence-electron chi connectivity index (χ4n) is 2.84. The van der Waals surface area contributed by atoms with Crippen molar-refractivity contribution >= 4 is 11.6 Å². The van der Waals surface area contributed by atoms with E-state index in [0.717, 1.165) is 12.8 Å². The Morgan fingerprint density at radius 1 is 1.45 bits per heavy atom.